The quantitative estimate of drug-likeness (QED) is 0.465. The number of hydrogen-bond donors (Lipinski definition) is 1. The first-order valence-electron chi connectivity index (χ1n) is 11.9. The van der Waals surface area contributed by atoms with Gasteiger partial charge in [0.1, 0.15) is 0 Å². The number of benzene rings is 1. The van der Waals surface area contributed by atoms with Crippen LogP contribution in [0.25, 0.3) is 0 Å². The van der Waals surface area contributed by atoms with Crippen molar-refractivity contribution in [1.82, 2.24) is 14.9 Å². The van der Waals surface area contributed by atoms with Crippen molar-refractivity contribution < 1.29 is 0 Å². The summed E-state index contributed by atoms with van der Waals surface area (Å²) in [5.74, 6) is 0. The Hall–Kier alpha value is -2.66. The monoisotopic (exact) mass is 444 g/mol. The lowest BCUT2D eigenvalue weighted by Gasteiger charge is -2.28. The van der Waals surface area contributed by atoms with Crippen molar-refractivity contribution in [3.05, 3.63) is 82.9 Å². The van der Waals surface area contributed by atoms with E-state index in [1.165, 1.54) is 48.2 Å². The molecule has 0 bridgehead atoms. The van der Waals surface area contributed by atoms with Gasteiger partial charge in [0.25, 0.3) is 0 Å². The molecule has 1 aromatic carbocycles. The Labute approximate surface area is 196 Å². The minimum atomic E-state index is 0.00656. The van der Waals surface area contributed by atoms with Crippen LogP contribution in [-0.4, -0.2) is 14.7 Å². The highest BCUT2D eigenvalue weighted by Crippen LogP contribution is 2.44. The van der Waals surface area contributed by atoms with Crippen molar-refractivity contribution >= 4 is 23.0 Å². The van der Waals surface area contributed by atoms with Crippen LogP contribution in [-0.2, 0) is 6.42 Å². The third kappa shape index (κ3) is 3.62. The molecular formula is C27H32N4S. The summed E-state index contributed by atoms with van der Waals surface area (Å²) in [5.41, 5.74) is 7.55. The highest BCUT2D eigenvalue weighted by molar-refractivity contribution is 7.80. The number of nitrogens with zero attached hydrogens (tertiary/aromatic N) is 3. The first-order valence-corrected chi connectivity index (χ1v) is 12.3. The molecule has 32 heavy (non-hydrogen) atoms. The molecule has 1 aliphatic heterocycles. The maximum Gasteiger partial charge on any atom is 0.174 e. The van der Waals surface area contributed by atoms with Crippen LogP contribution < -0.4 is 10.2 Å². The second kappa shape index (κ2) is 8.70. The summed E-state index contributed by atoms with van der Waals surface area (Å²) in [7, 11) is 0. The molecule has 0 radical (unpaired) electrons. The Kier molecular flexibility index (Phi) is 5.76. The molecule has 166 valence electrons. The maximum absolute atomic E-state index is 5.91. The third-order valence-corrected chi connectivity index (χ3v) is 7.57. The largest absolute Gasteiger partial charge is 0.351 e. The summed E-state index contributed by atoms with van der Waals surface area (Å²) in [6.45, 7) is 6.73. The summed E-state index contributed by atoms with van der Waals surface area (Å²) in [6.07, 6.45) is 8.13. The van der Waals surface area contributed by atoms with Crippen LogP contribution in [0, 0.1) is 13.8 Å². The minimum absolute atomic E-state index is 0.00656. The Bertz CT molecular complexity index is 1100. The van der Waals surface area contributed by atoms with Crippen molar-refractivity contribution in [2.45, 2.75) is 71.0 Å². The van der Waals surface area contributed by atoms with Gasteiger partial charge >= 0.3 is 0 Å². The van der Waals surface area contributed by atoms with E-state index < -0.39 is 0 Å². The molecule has 2 aliphatic rings. The average molecular weight is 445 g/mol. The van der Waals surface area contributed by atoms with Gasteiger partial charge < -0.3 is 14.8 Å². The Balaban J connectivity index is 1.63. The number of aryl methyl sites for hydroxylation is 2. The molecule has 0 amide bonds. The maximum atomic E-state index is 5.91. The van der Waals surface area contributed by atoms with Gasteiger partial charge in [-0.2, -0.15) is 0 Å². The van der Waals surface area contributed by atoms with Gasteiger partial charge in [-0.25, -0.2) is 0 Å². The normalized spacial score (nSPS) is 21.3. The van der Waals surface area contributed by atoms with Crippen LogP contribution in [0.1, 0.15) is 78.9 Å². The van der Waals surface area contributed by atoms with Crippen molar-refractivity contribution in [3.8, 4) is 0 Å². The Morgan fingerprint density at radius 3 is 2.47 bits per heavy atom. The number of nitrogens with one attached hydrogen (secondary N) is 1. The molecule has 3 aromatic rings. The minimum Gasteiger partial charge on any atom is -0.351 e. The zero-order chi connectivity index (χ0) is 22.2. The van der Waals surface area contributed by atoms with Crippen LogP contribution in [0.5, 0.6) is 0 Å². The van der Waals surface area contributed by atoms with E-state index in [4.69, 9.17) is 17.2 Å². The molecule has 2 atom stereocenters. The zero-order valence-corrected chi connectivity index (χ0v) is 20.0. The van der Waals surface area contributed by atoms with Crippen LogP contribution >= 0.6 is 12.2 Å². The molecule has 5 rings (SSSR count). The molecule has 0 unspecified atom stereocenters. The lowest BCUT2D eigenvalue weighted by Crippen LogP contribution is -2.29. The molecule has 1 saturated carbocycles. The van der Waals surface area contributed by atoms with Gasteiger partial charge in [0.2, 0.25) is 0 Å². The fraction of sp³-hybridized carbons (Fsp3) is 0.407. The molecule has 1 aliphatic carbocycles. The van der Waals surface area contributed by atoms with Gasteiger partial charge in [0.15, 0.2) is 5.11 Å². The van der Waals surface area contributed by atoms with Crippen LogP contribution in [0.15, 0.2) is 54.7 Å². The van der Waals surface area contributed by atoms with Crippen LogP contribution in [0.2, 0.25) is 0 Å². The molecule has 1 N–H and O–H groups in total. The van der Waals surface area contributed by atoms with E-state index in [0.717, 1.165) is 22.9 Å². The van der Waals surface area contributed by atoms with Gasteiger partial charge in [-0.05, 0) is 86.8 Å². The first kappa shape index (κ1) is 21.2. The van der Waals surface area contributed by atoms with E-state index in [9.17, 15) is 0 Å². The van der Waals surface area contributed by atoms with Crippen LogP contribution in [0.4, 0.5) is 5.69 Å². The number of aromatic nitrogens is 2. The highest BCUT2D eigenvalue weighted by Gasteiger charge is 2.42. The summed E-state index contributed by atoms with van der Waals surface area (Å²) in [4.78, 5) is 7.01. The van der Waals surface area contributed by atoms with E-state index in [0.29, 0.717) is 6.04 Å². The average Bonchev–Trinajstić information content (AvgIpc) is 3.52. The van der Waals surface area contributed by atoms with Crippen molar-refractivity contribution in [1.29, 1.82) is 0 Å². The molecule has 0 spiro atoms. The molecular weight excluding hydrogens is 412 g/mol. The van der Waals surface area contributed by atoms with E-state index in [2.05, 4.69) is 78.0 Å². The first-order chi connectivity index (χ1) is 15.6. The van der Waals surface area contributed by atoms with E-state index in [1.807, 2.05) is 12.3 Å². The molecule has 2 aromatic heterocycles. The smallest absolute Gasteiger partial charge is 0.174 e. The number of thiocarbonyl (C=S) groups is 1. The number of anilines is 1. The van der Waals surface area contributed by atoms with Gasteiger partial charge in [0.05, 0.1) is 17.8 Å². The molecule has 1 saturated heterocycles. The van der Waals surface area contributed by atoms with E-state index in [-0.39, 0.29) is 12.1 Å². The molecule has 2 fully saturated rings. The second-order valence-corrected chi connectivity index (χ2v) is 9.54. The number of pyridine rings is 1. The van der Waals surface area contributed by atoms with E-state index in [1.54, 1.807) is 0 Å². The van der Waals surface area contributed by atoms with Gasteiger partial charge in [0, 0.05) is 29.3 Å². The van der Waals surface area contributed by atoms with Crippen LogP contribution in [0.3, 0.4) is 0 Å². The van der Waals surface area contributed by atoms with Crippen molar-refractivity contribution in [2.24, 2.45) is 0 Å². The standard InChI is InChI=1S/C27H32N4S/c1-4-20-12-14-22(15-13-20)31-26(25(29-27(31)32)24-11-7-8-16-28-24)23-17-18(2)30(19(23)3)21-9-5-6-10-21/h7-8,11-17,21,25-26H,4-6,9-10H2,1-3H3,(H,29,32)/t25-,26-/m1/s1. The lowest BCUT2D eigenvalue weighted by molar-refractivity contribution is 0.494. The van der Waals surface area contributed by atoms with Gasteiger partial charge in [-0.1, -0.05) is 38.0 Å². The van der Waals surface area contributed by atoms with Crippen molar-refractivity contribution in [3.63, 3.8) is 0 Å². The molecule has 3 heterocycles. The fourth-order valence-corrected chi connectivity index (χ4v) is 6.01. The highest BCUT2D eigenvalue weighted by atomic mass is 32.1. The van der Waals surface area contributed by atoms with Gasteiger partial charge in [-0.3, -0.25) is 4.98 Å². The molecule has 4 nitrogen and oxygen atoms in total. The summed E-state index contributed by atoms with van der Waals surface area (Å²) >= 11 is 5.91. The summed E-state index contributed by atoms with van der Waals surface area (Å²) < 4.78 is 2.58. The predicted molar refractivity (Wildman–Crippen MR) is 135 cm³/mol. The third-order valence-electron chi connectivity index (χ3n) is 7.25. The SMILES string of the molecule is CCc1ccc(N2C(=S)N[C@H](c3ccccn3)[C@H]2c2cc(C)n(C3CCCC3)c2C)cc1. The lowest BCUT2D eigenvalue weighted by atomic mass is 9.96. The number of rotatable bonds is 5. The topological polar surface area (TPSA) is 33.1 Å². The van der Waals surface area contributed by atoms with Crippen molar-refractivity contribution in [2.75, 3.05) is 4.90 Å². The van der Waals surface area contributed by atoms with E-state index >= 15 is 0 Å². The van der Waals surface area contributed by atoms with Gasteiger partial charge in [-0.15, -0.1) is 0 Å². The fourth-order valence-electron chi connectivity index (χ4n) is 5.67. The Morgan fingerprint density at radius 2 is 1.81 bits per heavy atom. The summed E-state index contributed by atoms with van der Waals surface area (Å²) in [5, 5.41) is 4.37. The second-order valence-electron chi connectivity index (χ2n) is 9.15. The zero-order valence-electron chi connectivity index (χ0n) is 19.2. The summed E-state index contributed by atoms with van der Waals surface area (Å²) in [6, 6.07) is 18.0. The number of hydrogen-bond acceptors (Lipinski definition) is 2. The predicted octanol–water partition coefficient (Wildman–Crippen LogP) is 6.35. The molecule has 5 heteroatoms. The Morgan fingerprint density at radius 1 is 1.06 bits per heavy atom.